The zero-order valence-electron chi connectivity index (χ0n) is 23.6. The molecule has 218 valence electrons. The Morgan fingerprint density at radius 2 is 2.00 bits per heavy atom. The summed E-state index contributed by atoms with van der Waals surface area (Å²) in [7, 11) is 0. The van der Waals surface area contributed by atoms with E-state index in [4.69, 9.17) is 31.3 Å². The molecule has 2 aromatic carbocycles. The van der Waals surface area contributed by atoms with E-state index in [0.717, 1.165) is 78.4 Å². The Hall–Kier alpha value is -3.27. The SMILES string of the molecule is Cc1cccc2cc(O)cc(-c3ncc4c(N5CC6CCC(C5)N6)nc(OC[C@@]56CCCN5C[C@H](F)C6)c(Cl)c4n3)c12. The summed E-state index contributed by atoms with van der Waals surface area (Å²) in [5.74, 6) is 1.72. The summed E-state index contributed by atoms with van der Waals surface area (Å²) in [6, 6.07) is 10.3. The number of piperazine rings is 1. The van der Waals surface area contributed by atoms with Crippen LogP contribution >= 0.6 is 11.6 Å². The smallest absolute Gasteiger partial charge is 0.236 e. The first kappa shape index (κ1) is 26.4. The highest BCUT2D eigenvalue weighted by Crippen LogP contribution is 2.43. The minimum atomic E-state index is -0.836. The fourth-order valence-corrected chi connectivity index (χ4v) is 8.12. The van der Waals surface area contributed by atoms with Gasteiger partial charge >= 0.3 is 0 Å². The largest absolute Gasteiger partial charge is 0.508 e. The highest BCUT2D eigenvalue weighted by atomic mass is 35.5. The molecule has 42 heavy (non-hydrogen) atoms. The van der Waals surface area contributed by atoms with Gasteiger partial charge in [0.1, 0.15) is 34.9 Å². The molecule has 6 heterocycles. The molecule has 4 fully saturated rings. The summed E-state index contributed by atoms with van der Waals surface area (Å²) >= 11 is 7.07. The van der Waals surface area contributed by atoms with Crippen molar-refractivity contribution in [2.75, 3.05) is 37.7 Å². The molecule has 4 atom stereocenters. The van der Waals surface area contributed by atoms with Crippen molar-refractivity contribution in [2.24, 2.45) is 0 Å². The van der Waals surface area contributed by atoms with E-state index in [9.17, 15) is 9.50 Å². The Morgan fingerprint density at radius 3 is 2.83 bits per heavy atom. The van der Waals surface area contributed by atoms with E-state index in [1.165, 1.54) is 0 Å². The van der Waals surface area contributed by atoms with Crippen LogP contribution in [0.25, 0.3) is 33.1 Å². The summed E-state index contributed by atoms with van der Waals surface area (Å²) in [6.45, 7) is 5.40. The van der Waals surface area contributed by atoms with Gasteiger partial charge in [0.15, 0.2) is 5.82 Å². The Bertz CT molecular complexity index is 1710. The first-order chi connectivity index (χ1) is 20.4. The van der Waals surface area contributed by atoms with Crippen molar-refractivity contribution in [1.82, 2.24) is 25.2 Å². The number of aryl methyl sites for hydroxylation is 1. The maximum Gasteiger partial charge on any atom is 0.236 e. The number of rotatable bonds is 5. The van der Waals surface area contributed by atoms with Crippen molar-refractivity contribution in [1.29, 1.82) is 0 Å². The van der Waals surface area contributed by atoms with Crippen LogP contribution in [0.15, 0.2) is 36.5 Å². The van der Waals surface area contributed by atoms with Gasteiger partial charge in [-0.2, -0.15) is 4.98 Å². The topological polar surface area (TPSA) is 86.6 Å². The summed E-state index contributed by atoms with van der Waals surface area (Å²) in [5, 5.41) is 17.2. The van der Waals surface area contributed by atoms with Crippen molar-refractivity contribution < 1.29 is 14.2 Å². The number of hydrogen-bond acceptors (Lipinski definition) is 8. The van der Waals surface area contributed by atoms with Crippen molar-refractivity contribution in [3.63, 3.8) is 0 Å². The van der Waals surface area contributed by atoms with Gasteiger partial charge in [-0.1, -0.05) is 29.8 Å². The lowest BCUT2D eigenvalue weighted by molar-refractivity contribution is 0.111. The molecule has 8 nitrogen and oxygen atoms in total. The summed E-state index contributed by atoms with van der Waals surface area (Å²) in [4.78, 5) is 19.4. The van der Waals surface area contributed by atoms with Gasteiger partial charge in [-0.3, -0.25) is 4.90 Å². The number of phenols is 1. The Morgan fingerprint density at radius 1 is 1.17 bits per heavy atom. The number of nitrogens with one attached hydrogen (secondary N) is 1. The fourth-order valence-electron chi connectivity index (χ4n) is 7.88. The number of fused-ring (bicyclic) bond motifs is 5. The zero-order chi connectivity index (χ0) is 28.6. The second kappa shape index (κ2) is 9.89. The Labute approximate surface area is 248 Å². The molecule has 0 aliphatic carbocycles. The molecular weight excluding hydrogens is 555 g/mol. The number of phenolic OH excluding ortho intramolecular Hbond substituents is 1. The number of ether oxygens (including phenoxy) is 1. The lowest BCUT2D eigenvalue weighted by atomic mass is 9.95. The Balaban J connectivity index is 1.26. The number of aromatic nitrogens is 3. The molecule has 0 spiro atoms. The molecule has 0 saturated carbocycles. The van der Waals surface area contributed by atoms with Crippen LogP contribution in [0.3, 0.4) is 0 Å². The number of nitrogens with zero attached hydrogens (tertiary/aromatic N) is 5. The lowest BCUT2D eigenvalue weighted by Crippen LogP contribution is -2.51. The molecule has 2 unspecified atom stereocenters. The fraction of sp³-hybridized carbons (Fsp3) is 0.469. The van der Waals surface area contributed by atoms with Crippen LogP contribution in [0, 0.1) is 6.92 Å². The molecule has 4 aromatic rings. The number of aromatic hydroxyl groups is 1. The van der Waals surface area contributed by atoms with E-state index in [0.29, 0.717) is 53.9 Å². The number of pyridine rings is 1. The third-order valence-corrected chi connectivity index (χ3v) is 10.1. The van der Waals surface area contributed by atoms with Crippen LogP contribution in [0.1, 0.15) is 37.7 Å². The van der Waals surface area contributed by atoms with Gasteiger partial charge in [0.2, 0.25) is 5.88 Å². The van der Waals surface area contributed by atoms with Gasteiger partial charge in [-0.25, -0.2) is 14.4 Å². The van der Waals surface area contributed by atoms with Crippen LogP contribution in [0.5, 0.6) is 11.6 Å². The standard InChI is InChI=1S/C32H34ClFN6O2/c1-18-4-2-5-19-10-23(41)11-24(26(18)19)29-35-13-25-28(37-29)27(33)31(38-30(25)39-15-21-6-7-22(16-39)36-21)42-17-32-8-3-9-40(32)14-20(34)12-32/h2,4-5,10-11,13,20-22,36,41H,3,6-9,12,14-17H2,1H3/t20-,21?,22?,32+/m1/s1. The number of alkyl halides is 1. The van der Waals surface area contributed by atoms with Gasteiger partial charge in [0, 0.05) is 49.9 Å². The predicted molar refractivity (Wildman–Crippen MR) is 162 cm³/mol. The molecule has 0 radical (unpaired) electrons. The predicted octanol–water partition coefficient (Wildman–Crippen LogP) is 5.41. The molecule has 2 aromatic heterocycles. The average molecular weight is 589 g/mol. The third-order valence-electron chi connectivity index (χ3n) is 9.80. The van der Waals surface area contributed by atoms with E-state index >= 15 is 0 Å². The second-order valence-corrected chi connectivity index (χ2v) is 13.0. The van der Waals surface area contributed by atoms with Crippen LogP contribution in [-0.4, -0.2) is 81.5 Å². The second-order valence-electron chi connectivity index (χ2n) is 12.6. The minimum absolute atomic E-state index is 0.150. The third kappa shape index (κ3) is 4.28. The van der Waals surface area contributed by atoms with Crippen molar-refractivity contribution in [3.05, 3.63) is 47.1 Å². The molecular formula is C32H34ClFN6O2. The van der Waals surface area contributed by atoms with Crippen LogP contribution in [-0.2, 0) is 0 Å². The molecule has 4 aliphatic rings. The number of benzene rings is 2. The maximum atomic E-state index is 14.5. The first-order valence-corrected chi connectivity index (χ1v) is 15.4. The summed E-state index contributed by atoms with van der Waals surface area (Å²) < 4.78 is 20.9. The van der Waals surface area contributed by atoms with Crippen LogP contribution < -0.4 is 15.0 Å². The highest BCUT2D eigenvalue weighted by Gasteiger charge is 2.49. The van der Waals surface area contributed by atoms with Crippen LogP contribution in [0.4, 0.5) is 10.2 Å². The molecule has 4 aliphatic heterocycles. The van der Waals surface area contributed by atoms with Gasteiger partial charge in [-0.05, 0) is 67.6 Å². The van der Waals surface area contributed by atoms with Gasteiger partial charge < -0.3 is 20.1 Å². The van der Waals surface area contributed by atoms with Crippen molar-refractivity contribution in [2.45, 2.75) is 62.8 Å². The Kier molecular flexibility index (Phi) is 6.21. The maximum absolute atomic E-state index is 14.5. The minimum Gasteiger partial charge on any atom is -0.508 e. The lowest BCUT2D eigenvalue weighted by Gasteiger charge is -2.35. The molecule has 8 rings (SSSR count). The van der Waals surface area contributed by atoms with E-state index < -0.39 is 6.17 Å². The quantitative estimate of drug-likeness (QED) is 0.320. The summed E-state index contributed by atoms with van der Waals surface area (Å²) in [5.41, 5.74) is 2.05. The molecule has 4 saturated heterocycles. The zero-order valence-corrected chi connectivity index (χ0v) is 24.4. The highest BCUT2D eigenvalue weighted by molar-refractivity contribution is 6.36. The van der Waals surface area contributed by atoms with Gasteiger partial charge in [0.25, 0.3) is 0 Å². The molecule has 0 amide bonds. The number of halogens is 2. The van der Waals surface area contributed by atoms with E-state index in [2.05, 4.69) is 15.1 Å². The normalized spacial score (nSPS) is 27.3. The average Bonchev–Trinajstić information content (AvgIpc) is 3.62. The van der Waals surface area contributed by atoms with E-state index in [1.54, 1.807) is 18.3 Å². The molecule has 2 N–H and O–H groups in total. The monoisotopic (exact) mass is 588 g/mol. The molecule has 2 bridgehead atoms. The van der Waals surface area contributed by atoms with Gasteiger partial charge in [-0.15, -0.1) is 0 Å². The summed E-state index contributed by atoms with van der Waals surface area (Å²) in [6.07, 6.45) is 5.67. The van der Waals surface area contributed by atoms with Gasteiger partial charge in [0.05, 0.1) is 10.9 Å². The first-order valence-electron chi connectivity index (χ1n) is 15.0. The van der Waals surface area contributed by atoms with E-state index in [-0.39, 0.29) is 11.3 Å². The molecule has 10 heteroatoms. The van der Waals surface area contributed by atoms with Crippen LogP contribution in [0.2, 0.25) is 5.02 Å². The van der Waals surface area contributed by atoms with Crippen molar-refractivity contribution in [3.8, 4) is 23.0 Å². The van der Waals surface area contributed by atoms with E-state index in [1.807, 2.05) is 25.1 Å². The van der Waals surface area contributed by atoms with Crippen molar-refractivity contribution >= 4 is 39.1 Å². The number of hydrogen-bond donors (Lipinski definition) is 2. The number of anilines is 1.